The van der Waals surface area contributed by atoms with Gasteiger partial charge in [-0.25, -0.2) is 0 Å². The molecule has 0 unspecified atom stereocenters. The van der Waals surface area contributed by atoms with Crippen LogP contribution in [0.2, 0.25) is 0 Å². The lowest BCUT2D eigenvalue weighted by Gasteiger charge is -2.32. The number of hydrogen-bond acceptors (Lipinski definition) is 2. The van der Waals surface area contributed by atoms with E-state index in [4.69, 9.17) is 0 Å². The number of nitrogens with zero attached hydrogens (tertiary/aromatic N) is 2. The van der Waals surface area contributed by atoms with Crippen molar-refractivity contribution in [2.24, 2.45) is 0 Å². The lowest BCUT2D eigenvalue weighted by Crippen LogP contribution is -2.23. The van der Waals surface area contributed by atoms with Crippen LogP contribution in [0.25, 0.3) is 65.7 Å². The predicted octanol–water partition coefficient (Wildman–Crippen LogP) is 19.9. The van der Waals surface area contributed by atoms with Crippen LogP contribution in [0.5, 0.6) is 0 Å². The summed E-state index contributed by atoms with van der Waals surface area (Å²) in [6.07, 6.45) is 4.19. The van der Waals surface area contributed by atoms with Crippen LogP contribution in [-0.4, -0.2) is 0 Å². The standard InChI is InChI=1S/C70H58N2/c1-5-69(6-2)64-27-17-15-24-59(64)61-39-37-55(45-66(61)69)71(53-35-29-47-19-9-11-21-50(47)43-53)52-33-31-49(32-34-52)57-41-42-68(63-26-14-13-23-58(57)63)72(54-36-30-48-20-10-12-22-51(48)44-54)56-38-40-62-60-25-16-18-28-65(60)70(7-3,8-4)67(62)46-56/h9-46H,5-8H2,1-4H3. The van der Waals surface area contributed by atoms with E-state index in [1.807, 2.05) is 0 Å². The number of rotatable bonds is 11. The molecule has 0 bridgehead atoms. The molecule has 0 heterocycles. The number of benzene rings is 11. The summed E-state index contributed by atoms with van der Waals surface area (Å²) in [6.45, 7) is 9.43. The second-order valence-corrected chi connectivity index (χ2v) is 20.1. The minimum Gasteiger partial charge on any atom is -0.310 e. The second-order valence-electron chi connectivity index (χ2n) is 20.1. The van der Waals surface area contributed by atoms with Gasteiger partial charge in [-0.05, 0) is 175 Å². The Morgan fingerprint density at radius 1 is 0.278 bits per heavy atom. The molecule has 72 heavy (non-hydrogen) atoms. The number of fused-ring (bicyclic) bond motifs is 9. The molecule has 0 N–H and O–H groups in total. The minimum absolute atomic E-state index is 0.0278. The van der Waals surface area contributed by atoms with Gasteiger partial charge in [-0.3, -0.25) is 0 Å². The monoisotopic (exact) mass is 926 g/mol. The summed E-state index contributed by atoms with van der Waals surface area (Å²) in [5.41, 5.74) is 20.5. The summed E-state index contributed by atoms with van der Waals surface area (Å²) < 4.78 is 0. The molecule has 2 nitrogen and oxygen atoms in total. The van der Waals surface area contributed by atoms with E-state index in [0.717, 1.165) is 48.4 Å². The smallest absolute Gasteiger partial charge is 0.0540 e. The fourth-order valence-electron chi connectivity index (χ4n) is 13.2. The minimum atomic E-state index is -0.0407. The van der Waals surface area contributed by atoms with E-state index in [2.05, 4.69) is 268 Å². The summed E-state index contributed by atoms with van der Waals surface area (Å²) in [5.74, 6) is 0. The third-order valence-electron chi connectivity index (χ3n) is 17.0. The molecule has 11 aromatic rings. The van der Waals surface area contributed by atoms with Crippen LogP contribution in [0.15, 0.2) is 231 Å². The Morgan fingerprint density at radius 2 is 0.667 bits per heavy atom. The molecule has 2 aliphatic carbocycles. The molecule has 0 saturated carbocycles. The van der Waals surface area contributed by atoms with Gasteiger partial charge in [0.2, 0.25) is 0 Å². The van der Waals surface area contributed by atoms with E-state index >= 15 is 0 Å². The van der Waals surface area contributed by atoms with Gasteiger partial charge in [0.15, 0.2) is 0 Å². The first-order valence-electron chi connectivity index (χ1n) is 26.2. The Kier molecular flexibility index (Phi) is 10.5. The van der Waals surface area contributed by atoms with Crippen molar-refractivity contribution in [1.29, 1.82) is 0 Å². The van der Waals surface area contributed by atoms with Crippen molar-refractivity contribution in [2.75, 3.05) is 9.80 Å². The molecule has 0 saturated heterocycles. The van der Waals surface area contributed by atoms with Crippen LogP contribution < -0.4 is 9.80 Å². The first-order valence-corrected chi connectivity index (χ1v) is 26.2. The molecule has 13 rings (SSSR count). The van der Waals surface area contributed by atoms with E-state index in [-0.39, 0.29) is 10.8 Å². The van der Waals surface area contributed by atoms with Gasteiger partial charge in [0, 0.05) is 44.7 Å². The zero-order valence-electron chi connectivity index (χ0n) is 41.7. The first-order chi connectivity index (χ1) is 35.5. The molecule has 0 amide bonds. The Bertz CT molecular complexity index is 3890. The van der Waals surface area contributed by atoms with Gasteiger partial charge in [-0.15, -0.1) is 0 Å². The van der Waals surface area contributed by atoms with Crippen molar-refractivity contribution in [3.05, 3.63) is 253 Å². The molecule has 11 aromatic carbocycles. The van der Waals surface area contributed by atoms with Crippen molar-refractivity contribution in [3.63, 3.8) is 0 Å². The highest BCUT2D eigenvalue weighted by Gasteiger charge is 2.42. The molecule has 0 spiro atoms. The zero-order valence-corrected chi connectivity index (χ0v) is 41.7. The highest BCUT2D eigenvalue weighted by Crippen LogP contribution is 2.56. The van der Waals surface area contributed by atoms with Gasteiger partial charge in [0.25, 0.3) is 0 Å². The molecule has 348 valence electrons. The quantitative estimate of drug-likeness (QED) is 0.128. The summed E-state index contributed by atoms with van der Waals surface area (Å²) in [5, 5.41) is 7.36. The second kappa shape index (κ2) is 17.3. The third-order valence-corrected chi connectivity index (χ3v) is 17.0. The fourth-order valence-corrected chi connectivity index (χ4v) is 13.2. The molecular formula is C70H58N2. The third kappa shape index (κ3) is 6.62. The maximum absolute atomic E-state index is 2.50. The Morgan fingerprint density at radius 3 is 1.21 bits per heavy atom. The summed E-state index contributed by atoms with van der Waals surface area (Å²) in [4.78, 5) is 4.96. The molecule has 0 aromatic heterocycles. The highest BCUT2D eigenvalue weighted by molar-refractivity contribution is 6.07. The van der Waals surface area contributed by atoms with E-state index < -0.39 is 0 Å². The van der Waals surface area contributed by atoms with Crippen LogP contribution >= 0.6 is 0 Å². The summed E-state index contributed by atoms with van der Waals surface area (Å²) in [6, 6.07) is 86.8. The normalized spacial score (nSPS) is 13.7. The van der Waals surface area contributed by atoms with E-state index in [1.54, 1.807) is 0 Å². The van der Waals surface area contributed by atoms with Crippen LogP contribution in [0.1, 0.15) is 75.6 Å². The van der Waals surface area contributed by atoms with Gasteiger partial charge < -0.3 is 9.80 Å². The van der Waals surface area contributed by atoms with Crippen molar-refractivity contribution in [1.82, 2.24) is 0 Å². The van der Waals surface area contributed by atoms with Crippen molar-refractivity contribution in [3.8, 4) is 33.4 Å². The molecular weight excluding hydrogens is 869 g/mol. The maximum Gasteiger partial charge on any atom is 0.0540 e. The first kappa shape index (κ1) is 43.8. The Balaban J connectivity index is 0.941. The van der Waals surface area contributed by atoms with Crippen molar-refractivity contribution in [2.45, 2.75) is 64.2 Å². The van der Waals surface area contributed by atoms with Crippen molar-refractivity contribution < 1.29 is 0 Å². The molecule has 2 heteroatoms. The van der Waals surface area contributed by atoms with Crippen LogP contribution in [-0.2, 0) is 10.8 Å². The predicted molar refractivity (Wildman–Crippen MR) is 307 cm³/mol. The average Bonchev–Trinajstić information content (AvgIpc) is 3.89. The van der Waals surface area contributed by atoms with Gasteiger partial charge in [0.05, 0.1) is 5.69 Å². The number of anilines is 6. The summed E-state index contributed by atoms with van der Waals surface area (Å²) in [7, 11) is 0. The SMILES string of the molecule is CCC1(CC)c2ccccc2-c2ccc(N(c3ccc(-c4ccc(N(c5ccc6c(c5)C(CC)(CC)c5ccccc5-6)c5ccc6ccccc6c5)c5ccccc45)cc3)c3ccc4ccccc4c3)cc21. The molecule has 0 fully saturated rings. The highest BCUT2D eigenvalue weighted by atomic mass is 15.1. The molecule has 0 atom stereocenters. The summed E-state index contributed by atoms with van der Waals surface area (Å²) >= 11 is 0. The average molecular weight is 927 g/mol. The largest absolute Gasteiger partial charge is 0.310 e. The molecule has 2 aliphatic rings. The lowest BCUT2D eigenvalue weighted by atomic mass is 9.74. The Labute approximate surface area is 424 Å². The maximum atomic E-state index is 2.50. The van der Waals surface area contributed by atoms with Gasteiger partial charge in [0.1, 0.15) is 0 Å². The number of hydrogen-bond donors (Lipinski definition) is 0. The lowest BCUT2D eigenvalue weighted by molar-refractivity contribution is 0.490. The van der Waals surface area contributed by atoms with Crippen LogP contribution in [0.3, 0.4) is 0 Å². The van der Waals surface area contributed by atoms with Gasteiger partial charge >= 0.3 is 0 Å². The van der Waals surface area contributed by atoms with Gasteiger partial charge in [-0.2, -0.15) is 0 Å². The van der Waals surface area contributed by atoms with Crippen molar-refractivity contribution >= 4 is 66.4 Å². The molecule has 0 aliphatic heterocycles. The van der Waals surface area contributed by atoms with Crippen LogP contribution in [0, 0.1) is 0 Å². The fraction of sp³-hybridized carbons (Fsp3) is 0.143. The van der Waals surface area contributed by atoms with E-state index in [0.29, 0.717) is 0 Å². The van der Waals surface area contributed by atoms with Gasteiger partial charge in [-0.1, -0.05) is 191 Å². The van der Waals surface area contributed by atoms with E-state index in [9.17, 15) is 0 Å². The topological polar surface area (TPSA) is 6.48 Å². The van der Waals surface area contributed by atoms with Crippen LogP contribution in [0.4, 0.5) is 34.1 Å². The molecule has 0 radical (unpaired) electrons. The van der Waals surface area contributed by atoms with E-state index in [1.165, 1.54) is 99.3 Å². The zero-order chi connectivity index (χ0) is 48.6. The Hall–Kier alpha value is -8.20.